The van der Waals surface area contributed by atoms with E-state index in [1.54, 1.807) is 12.1 Å². The topological polar surface area (TPSA) is 78.5 Å². The number of nitrogens with zero attached hydrogens (tertiary/aromatic N) is 1. The lowest BCUT2D eigenvalue weighted by Crippen LogP contribution is -2.62. The van der Waals surface area contributed by atoms with E-state index < -0.39 is 10.0 Å². The molecule has 6 nitrogen and oxygen atoms in total. The summed E-state index contributed by atoms with van der Waals surface area (Å²) in [5.41, 5.74) is 1.48. The van der Waals surface area contributed by atoms with Gasteiger partial charge in [-0.15, -0.1) is 11.3 Å². The van der Waals surface area contributed by atoms with E-state index in [0.29, 0.717) is 22.5 Å². The van der Waals surface area contributed by atoms with Crippen molar-refractivity contribution in [1.82, 2.24) is 10.2 Å². The summed E-state index contributed by atoms with van der Waals surface area (Å²) < 4.78 is 25.1. The Hall–Kier alpha value is -1.90. The Morgan fingerprint density at radius 2 is 1.79 bits per heavy atom. The predicted molar refractivity (Wildman–Crippen MR) is 113 cm³/mol. The van der Waals surface area contributed by atoms with Crippen molar-refractivity contribution < 1.29 is 13.2 Å². The summed E-state index contributed by atoms with van der Waals surface area (Å²) in [4.78, 5) is 17.0. The second kappa shape index (κ2) is 7.50. The number of hydrogen-bond acceptors (Lipinski definition) is 5. The van der Waals surface area contributed by atoms with Crippen LogP contribution in [0, 0.1) is 5.92 Å². The number of sulfonamides is 1. The molecule has 0 saturated carbocycles. The van der Waals surface area contributed by atoms with Gasteiger partial charge in [0.25, 0.3) is 5.91 Å². The van der Waals surface area contributed by atoms with Crippen LogP contribution in [0.15, 0.2) is 36.4 Å². The van der Waals surface area contributed by atoms with Crippen molar-refractivity contribution in [3.63, 3.8) is 0 Å². The molecule has 2 atom stereocenters. The van der Waals surface area contributed by atoms with Crippen LogP contribution in [-0.4, -0.2) is 50.7 Å². The van der Waals surface area contributed by atoms with Gasteiger partial charge >= 0.3 is 0 Å². The van der Waals surface area contributed by atoms with Crippen molar-refractivity contribution in [2.24, 2.45) is 5.92 Å². The van der Waals surface area contributed by atoms with Crippen LogP contribution in [0.25, 0.3) is 10.4 Å². The maximum atomic E-state index is 12.8. The third-order valence-corrected chi connectivity index (χ3v) is 7.52. The molecule has 3 aliphatic heterocycles. The highest BCUT2D eigenvalue weighted by Gasteiger charge is 2.40. The largest absolute Gasteiger partial charge is 0.347 e. The van der Waals surface area contributed by atoms with Crippen molar-refractivity contribution in [3.05, 3.63) is 41.3 Å². The number of nitrogens with one attached hydrogen (secondary N) is 2. The van der Waals surface area contributed by atoms with E-state index in [0.717, 1.165) is 29.8 Å². The fraction of sp³-hybridized carbons (Fsp3) is 0.450. The van der Waals surface area contributed by atoms with Gasteiger partial charge in [0.1, 0.15) is 0 Å². The lowest BCUT2D eigenvalue weighted by atomic mass is 9.79. The average molecular weight is 420 g/mol. The minimum absolute atomic E-state index is 0.00258. The number of hydrogen-bond donors (Lipinski definition) is 2. The number of thiophene rings is 1. The maximum absolute atomic E-state index is 12.8. The SMILES string of the molecule is CC1C(NC(=O)c2ccc(-c3ccc(NS(C)(=O)=O)cc3)s2)C2CCN1CC2. The van der Waals surface area contributed by atoms with Gasteiger partial charge in [0.15, 0.2) is 0 Å². The molecule has 150 valence electrons. The fourth-order valence-corrected chi connectivity index (χ4v) is 5.78. The Morgan fingerprint density at radius 1 is 1.11 bits per heavy atom. The highest BCUT2D eigenvalue weighted by Crippen LogP contribution is 2.33. The molecule has 3 saturated heterocycles. The third kappa shape index (κ3) is 4.09. The van der Waals surface area contributed by atoms with Gasteiger partial charge in [-0.1, -0.05) is 12.1 Å². The number of carbonyl (C=O) groups is 1. The molecule has 1 amide bonds. The van der Waals surface area contributed by atoms with E-state index in [1.165, 1.54) is 24.2 Å². The van der Waals surface area contributed by atoms with Gasteiger partial charge in [-0.3, -0.25) is 14.4 Å². The second-order valence-corrected chi connectivity index (χ2v) is 10.6. The van der Waals surface area contributed by atoms with Crippen LogP contribution in [-0.2, 0) is 10.0 Å². The Kier molecular flexibility index (Phi) is 5.20. The average Bonchev–Trinajstić information content (AvgIpc) is 3.14. The molecule has 2 aromatic rings. The van der Waals surface area contributed by atoms with Crippen LogP contribution in [0.1, 0.15) is 29.4 Å². The van der Waals surface area contributed by atoms with Gasteiger partial charge in [0, 0.05) is 22.6 Å². The molecule has 28 heavy (non-hydrogen) atoms. The first kappa shape index (κ1) is 19.4. The summed E-state index contributed by atoms with van der Waals surface area (Å²) in [5, 5.41) is 3.27. The maximum Gasteiger partial charge on any atom is 0.261 e. The molecule has 4 heterocycles. The van der Waals surface area contributed by atoms with Gasteiger partial charge in [0.2, 0.25) is 10.0 Å². The number of piperidine rings is 3. The van der Waals surface area contributed by atoms with Crippen molar-refractivity contribution in [2.75, 3.05) is 24.1 Å². The molecule has 5 rings (SSSR count). The van der Waals surface area contributed by atoms with Crippen molar-refractivity contribution in [2.45, 2.75) is 31.8 Å². The Morgan fingerprint density at radius 3 is 2.39 bits per heavy atom. The highest BCUT2D eigenvalue weighted by atomic mass is 32.2. The smallest absolute Gasteiger partial charge is 0.261 e. The van der Waals surface area contributed by atoms with Crippen molar-refractivity contribution in [3.8, 4) is 10.4 Å². The number of amides is 1. The number of rotatable bonds is 5. The Bertz CT molecular complexity index is 959. The molecule has 2 unspecified atom stereocenters. The molecule has 2 N–H and O–H groups in total. The molecule has 0 aliphatic carbocycles. The molecule has 0 radical (unpaired) electrons. The normalized spacial score (nSPS) is 26.8. The molecule has 3 aliphatic rings. The molecule has 1 aromatic heterocycles. The Balaban J connectivity index is 1.44. The summed E-state index contributed by atoms with van der Waals surface area (Å²) in [5.74, 6) is 0.579. The lowest BCUT2D eigenvalue weighted by Gasteiger charge is -2.49. The van der Waals surface area contributed by atoms with Gasteiger partial charge < -0.3 is 5.32 Å². The van der Waals surface area contributed by atoms with Crippen LogP contribution in [0.3, 0.4) is 0 Å². The minimum Gasteiger partial charge on any atom is -0.347 e. The number of benzene rings is 1. The van der Waals surface area contributed by atoms with Crippen molar-refractivity contribution >= 4 is 33.0 Å². The summed E-state index contributed by atoms with van der Waals surface area (Å²) in [6.07, 6.45) is 3.46. The fourth-order valence-electron chi connectivity index (χ4n) is 4.30. The van der Waals surface area contributed by atoms with E-state index in [9.17, 15) is 13.2 Å². The quantitative estimate of drug-likeness (QED) is 0.781. The first-order valence-electron chi connectivity index (χ1n) is 9.53. The number of carbonyl (C=O) groups excluding carboxylic acids is 1. The third-order valence-electron chi connectivity index (χ3n) is 5.78. The molecular weight excluding hydrogens is 394 g/mol. The van der Waals surface area contributed by atoms with E-state index in [2.05, 4.69) is 21.9 Å². The summed E-state index contributed by atoms with van der Waals surface area (Å²) >= 11 is 1.46. The second-order valence-electron chi connectivity index (χ2n) is 7.73. The molecule has 3 fully saturated rings. The number of fused-ring (bicyclic) bond motifs is 3. The molecular formula is C20H25N3O3S2. The van der Waals surface area contributed by atoms with Gasteiger partial charge in [-0.25, -0.2) is 8.42 Å². The molecule has 0 spiro atoms. The summed E-state index contributed by atoms with van der Waals surface area (Å²) in [7, 11) is -3.29. The molecule has 2 bridgehead atoms. The van der Waals surface area contributed by atoms with Crippen LogP contribution in [0.4, 0.5) is 5.69 Å². The van der Waals surface area contributed by atoms with E-state index in [4.69, 9.17) is 0 Å². The summed E-state index contributed by atoms with van der Waals surface area (Å²) in [6.45, 7) is 4.50. The lowest BCUT2D eigenvalue weighted by molar-refractivity contribution is 0.0218. The zero-order valence-electron chi connectivity index (χ0n) is 16.0. The monoisotopic (exact) mass is 419 g/mol. The van der Waals surface area contributed by atoms with Crippen LogP contribution in [0.2, 0.25) is 0 Å². The van der Waals surface area contributed by atoms with Crippen LogP contribution in [0.5, 0.6) is 0 Å². The zero-order valence-corrected chi connectivity index (χ0v) is 17.6. The standard InChI is InChI=1S/C20H25N3O3S2/c1-13-19(15-9-11-23(13)12-10-15)21-20(24)18-8-7-17(27-18)14-3-5-16(6-4-14)22-28(2,25)26/h3-8,13,15,19,22H,9-12H2,1-2H3,(H,21,24). The summed E-state index contributed by atoms with van der Waals surface area (Å²) in [6, 6.07) is 11.6. The first-order chi connectivity index (χ1) is 13.3. The van der Waals surface area contributed by atoms with E-state index >= 15 is 0 Å². The first-order valence-corrected chi connectivity index (χ1v) is 12.2. The van der Waals surface area contributed by atoms with Crippen molar-refractivity contribution in [1.29, 1.82) is 0 Å². The van der Waals surface area contributed by atoms with Crippen LogP contribution >= 0.6 is 11.3 Å². The predicted octanol–water partition coefficient (Wildman–Crippen LogP) is 3.00. The number of anilines is 1. The highest BCUT2D eigenvalue weighted by molar-refractivity contribution is 7.92. The van der Waals surface area contributed by atoms with E-state index in [-0.39, 0.29) is 11.9 Å². The molecule has 1 aromatic carbocycles. The van der Waals surface area contributed by atoms with E-state index in [1.807, 2.05) is 24.3 Å². The Labute approximate surface area is 170 Å². The zero-order chi connectivity index (χ0) is 19.9. The van der Waals surface area contributed by atoms with Gasteiger partial charge in [0.05, 0.1) is 11.1 Å². The minimum atomic E-state index is -3.29. The van der Waals surface area contributed by atoms with Crippen LogP contribution < -0.4 is 10.0 Å². The van der Waals surface area contributed by atoms with Gasteiger partial charge in [-0.2, -0.15) is 0 Å². The van der Waals surface area contributed by atoms with Gasteiger partial charge in [-0.05, 0) is 68.6 Å². The molecule has 8 heteroatoms.